The van der Waals surface area contributed by atoms with E-state index in [1.807, 2.05) is 11.8 Å². The maximum absolute atomic E-state index is 11.0. The fraction of sp³-hybridized carbons (Fsp3) is 0.778. The monoisotopic (exact) mass is 216 g/mol. The summed E-state index contributed by atoms with van der Waals surface area (Å²) in [6.07, 6.45) is -0.573. The van der Waals surface area contributed by atoms with Crippen molar-refractivity contribution >= 4 is 12.1 Å². The van der Waals surface area contributed by atoms with Gasteiger partial charge in [-0.15, -0.1) is 0 Å². The van der Waals surface area contributed by atoms with Crippen molar-refractivity contribution in [3.05, 3.63) is 0 Å². The summed E-state index contributed by atoms with van der Waals surface area (Å²) in [5.74, 6) is -0.283. The van der Waals surface area contributed by atoms with Crippen LogP contribution < -0.4 is 5.32 Å². The Kier molecular flexibility index (Phi) is 4.36. The average molecular weight is 216 g/mol. The van der Waals surface area contributed by atoms with Crippen LogP contribution in [0.25, 0.3) is 0 Å². The number of nitrogens with zero attached hydrogens (tertiary/aromatic N) is 1. The van der Waals surface area contributed by atoms with Gasteiger partial charge in [0.05, 0.1) is 20.2 Å². The van der Waals surface area contributed by atoms with Crippen LogP contribution in [0.3, 0.4) is 0 Å². The Labute approximate surface area is 88.5 Å². The van der Waals surface area contributed by atoms with Crippen LogP contribution in [0.15, 0.2) is 0 Å². The van der Waals surface area contributed by atoms with Crippen molar-refractivity contribution in [2.75, 3.05) is 33.3 Å². The van der Waals surface area contributed by atoms with E-state index in [1.54, 1.807) is 0 Å². The summed E-state index contributed by atoms with van der Waals surface area (Å²) in [5.41, 5.74) is 0. The van der Waals surface area contributed by atoms with E-state index in [9.17, 15) is 9.59 Å². The molecule has 0 radical (unpaired) electrons. The minimum absolute atomic E-state index is 0.179. The van der Waals surface area contributed by atoms with Crippen molar-refractivity contribution in [2.24, 2.45) is 0 Å². The van der Waals surface area contributed by atoms with Gasteiger partial charge in [-0.1, -0.05) is 6.92 Å². The lowest BCUT2D eigenvalue weighted by molar-refractivity contribution is -0.142. The smallest absolute Gasteiger partial charge is 0.407 e. The van der Waals surface area contributed by atoms with Crippen LogP contribution in [0.4, 0.5) is 4.79 Å². The van der Waals surface area contributed by atoms with Gasteiger partial charge in [-0.3, -0.25) is 9.69 Å². The molecule has 0 aromatic heterocycles. The first-order chi connectivity index (χ1) is 7.15. The van der Waals surface area contributed by atoms with E-state index in [2.05, 4.69) is 10.1 Å². The molecule has 0 aromatic carbocycles. The largest absolute Gasteiger partial charge is 0.468 e. The van der Waals surface area contributed by atoms with Crippen LogP contribution in [0, 0.1) is 0 Å². The van der Waals surface area contributed by atoms with E-state index in [4.69, 9.17) is 4.74 Å². The Morgan fingerprint density at radius 1 is 1.73 bits per heavy atom. The molecule has 0 aliphatic carbocycles. The molecular weight excluding hydrogens is 200 g/mol. The second kappa shape index (κ2) is 5.55. The zero-order valence-corrected chi connectivity index (χ0v) is 8.99. The number of carbonyl (C=O) groups is 2. The minimum atomic E-state index is -0.394. The fourth-order valence-electron chi connectivity index (χ4n) is 1.37. The highest BCUT2D eigenvalue weighted by Gasteiger charge is 2.25. The third-order valence-electron chi connectivity index (χ3n) is 2.24. The lowest BCUT2D eigenvalue weighted by Crippen LogP contribution is -2.38. The first-order valence-electron chi connectivity index (χ1n) is 4.89. The van der Waals surface area contributed by atoms with Crippen LogP contribution in [0.5, 0.6) is 0 Å². The number of amides is 1. The van der Waals surface area contributed by atoms with Gasteiger partial charge in [0.25, 0.3) is 0 Å². The SMILES string of the molecule is CCN(CC(=O)OC)CC1CNC(=O)O1. The highest BCUT2D eigenvalue weighted by molar-refractivity contribution is 5.71. The molecule has 1 rings (SSSR count). The Hall–Kier alpha value is -1.30. The molecule has 1 fully saturated rings. The Morgan fingerprint density at radius 2 is 2.47 bits per heavy atom. The standard InChI is InChI=1S/C9H16N2O4/c1-3-11(6-8(12)14-2)5-7-4-10-9(13)15-7/h7H,3-6H2,1-2H3,(H,10,13). The number of nitrogens with one attached hydrogen (secondary N) is 1. The van der Waals surface area contributed by atoms with E-state index in [0.29, 0.717) is 19.6 Å². The van der Waals surface area contributed by atoms with Gasteiger partial charge < -0.3 is 14.8 Å². The molecule has 1 heterocycles. The second-order valence-electron chi connectivity index (χ2n) is 3.31. The summed E-state index contributed by atoms with van der Waals surface area (Å²) in [6.45, 7) is 3.91. The topological polar surface area (TPSA) is 67.9 Å². The summed E-state index contributed by atoms with van der Waals surface area (Å²) >= 11 is 0. The molecule has 1 saturated heterocycles. The van der Waals surface area contributed by atoms with Crippen LogP contribution in [0.1, 0.15) is 6.92 Å². The zero-order chi connectivity index (χ0) is 11.3. The zero-order valence-electron chi connectivity index (χ0n) is 8.99. The molecule has 0 saturated carbocycles. The maximum Gasteiger partial charge on any atom is 0.407 e. The first kappa shape index (κ1) is 11.8. The quantitative estimate of drug-likeness (QED) is 0.633. The lowest BCUT2D eigenvalue weighted by atomic mass is 10.3. The molecule has 1 amide bonds. The lowest BCUT2D eigenvalue weighted by Gasteiger charge is -2.21. The number of hydrogen-bond acceptors (Lipinski definition) is 5. The van der Waals surface area contributed by atoms with Crippen molar-refractivity contribution in [2.45, 2.75) is 13.0 Å². The van der Waals surface area contributed by atoms with Gasteiger partial charge in [0, 0.05) is 6.54 Å². The predicted molar refractivity (Wildman–Crippen MR) is 52.4 cm³/mol. The molecule has 0 aromatic rings. The fourth-order valence-corrected chi connectivity index (χ4v) is 1.37. The maximum atomic E-state index is 11.0. The summed E-state index contributed by atoms with van der Waals surface area (Å²) in [4.78, 5) is 23.7. The van der Waals surface area contributed by atoms with Crippen LogP contribution in [-0.4, -0.2) is 56.4 Å². The molecule has 1 N–H and O–H groups in total. The van der Waals surface area contributed by atoms with Crippen LogP contribution in [0.2, 0.25) is 0 Å². The van der Waals surface area contributed by atoms with Crippen molar-refractivity contribution in [1.82, 2.24) is 10.2 Å². The molecule has 6 heteroatoms. The van der Waals surface area contributed by atoms with Crippen LogP contribution >= 0.6 is 0 Å². The summed E-state index contributed by atoms with van der Waals surface area (Å²) in [7, 11) is 1.35. The molecule has 1 unspecified atom stereocenters. The van der Waals surface area contributed by atoms with Crippen molar-refractivity contribution in [3.63, 3.8) is 0 Å². The Morgan fingerprint density at radius 3 is 2.93 bits per heavy atom. The number of rotatable bonds is 5. The summed E-state index contributed by atoms with van der Waals surface area (Å²) in [5, 5.41) is 2.56. The van der Waals surface area contributed by atoms with E-state index in [0.717, 1.165) is 0 Å². The molecule has 15 heavy (non-hydrogen) atoms. The molecule has 6 nitrogen and oxygen atoms in total. The van der Waals surface area contributed by atoms with E-state index in [-0.39, 0.29) is 18.6 Å². The highest BCUT2D eigenvalue weighted by Crippen LogP contribution is 2.03. The third-order valence-corrected chi connectivity index (χ3v) is 2.24. The number of hydrogen-bond donors (Lipinski definition) is 1. The van der Waals surface area contributed by atoms with E-state index < -0.39 is 6.09 Å². The molecule has 0 bridgehead atoms. The minimum Gasteiger partial charge on any atom is -0.468 e. The normalized spacial score (nSPS) is 19.9. The van der Waals surface area contributed by atoms with E-state index in [1.165, 1.54) is 7.11 Å². The Balaban J connectivity index is 2.33. The first-order valence-corrected chi connectivity index (χ1v) is 4.89. The van der Waals surface area contributed by atoms with Gasteiger partial charge in [0.1, 0.15) is 6.10 Å². The van der Waals surface area contributed by atoms with Gasteiger partial charge >= 0.3 is 12.1 Å². The summed E-state index contributed by atoms with van der Waals surface area (Å²) in [6, 6.07) is 0. The number of methoxy groups -OCH3 is 1. The van der Waals surface area contributed by atoms with Crippen molar-refractivity contribution in [1.29, 1.82) is 0 Å². The second-order valence-corrected chi connectivity index (χ2v) is 3.31. The van der Waals surface area contributed by atoms with Gasteiger partial charge in [-0.2, -0.15) is 0 Å². The summed E-state index contributed by atoms with van der Waals surface area (Å²) < 4.78 is 9.53. The Bertz CT molecular complexity index is 244. The highest BCUT2D eigenvalue weighted by atomic mass is 16.6. The molecule has 0 spiro atoms. The van der Waals surface area contributed by atoms with Crippen LogP contribution in [-0.2, 0) is 14.3 Å². The molecule has 1 aliphatic heterocycles. The number of likely N-dealkylation sites (N-methyl/N-ethyl adjacent to an activating group) is 1. The molecule has 1 atom stereocenters. The number of esters is 1. The van der Waals surface area contributed by atoms with E-state index >= 15 is 0 Å². The van der Waals surface area contributed by atoms with Crippen molar-refractivity contribution < 1.29 is 19.1 Å². The molecular formula is C9H16N2O4. The number of carbonyl (C=O) groups excluding carboxylic acids is 2. The van der Waals surface area contributed by atoms with Gasteiger partial charge in [-0.05, 0) is 6.54 Å². The van der Waals surface area contributed by atoms with Gasteiger partial charge in [0.15, 0.2) is 0 Å². The number of alkyl carbamates (subject to hydrolysis) is 1. The van der Waals surface area contributed by atoms with Gasteiger partial charge in [0.2, 0.25) is 0 Å². The number of cyclic esters (lactones) is 1. The molecule has 86 valence electrons. The average Bonchev–Trinajstić information content (AvgIpc) is 2.62. The number of ether oxygens (including phenoxy) is 2. The van der Waals surface area contributed by atoms with Crippen molar-refractivity contribution in [3.8, 4) is 0 Å². The third kappa shape index (κ3) is 3.75. The molecule has 1 aliphatic rings. The van der Waals surface area contributed by atoms with Gasteiger partial charge in [-0.25, -0.2) is 4.79 Å². The predicted octanol–water partition coefficient (Wildman–Crippen LogP) is -0.410.